The Labute approximate surface area is 179 Å². The van der Waals surface area contributed by atoms with Crippen LogP contribution in [0.2, 0.25) is 5.02 Å². The lowest BCUT2D eigenvalue weighted by molar-refractivity contribution is -0.117. The summed E-state index contributed by atoms with van der Waals surface area (Å²) in [5.41, 5.74) is 0.741. The molecule has 29 heavy (non-hydrogen) atoms. The number of ether oxygens (including phenoxy) is 1. The predicted molar refractivity (Wildman–Crippen MR) is 118 cm³/mol. The van der Waals surface area contributed by atoms with Crippen LogP contribution in [0.5, 0.6) is 5.75 Å². The molecule has 0 heterocycles. The summed E-state index contributed by atoms with van der Waals surface area (Å²) in [6, 6.07) is 7.33. The van der Waals surface area contributed by atoms with E-state index in [0.29, 0.717) is 16.5 Å². The van der Waals surface area contributed by atoms with Gasteiger partial charge in [0.15, 0.2) is 0 Å². The lowest BCUT2D eigenvalue weighted by Crippen LogP contribution is -2.35. The van der Waals surface area contributed by atoms with Gasteiger partial charge in [0.2, 0.25) is 0 Å². The Bertz CT molecular complexity index is 715. The van der Waals surface area contributed by atoms with Gasteiger partial charge in [-0.25, -0.2) is 0 Å². The number of halogens is 1. The molecule has 1 amide bonds. The molecule has 158 valence electrons. The van der Waals surface area contributed by atoms with Gasteiger partial charge in [0.05, 0.1) is 12.1 Å². The van der Waals surface area contributed by atoms with Crippen LogP contribution >= 0.6 is 11.6 Å². The second kappa shape index (κ2) is 13.1. The van der Waals surface area contributed by atoms with Crippen LogP contribution in [0.25, 0.3) is 0 Å². The molecule has 0 aliphatic heterocycles. The Morgan fingerprint density at radius 2 is 1.69 bits per heavy atom. The summed E-state index contributed by atoms with van der Waals surface area (Å²) in [6.45, 7) is 0. The van der Waals surface area contributed by atoms with Crippen LogP contribution in [0.3, 0.4) is 0 Å². The number of hydrogen-bond donors (Lipinski definition) is 2. The molecule has 0 atom stereocenters. The van der Waals surface area contributed by atoms with E-state index in [0.717, 1.165) is 25.7 Å². The van der Waals surface area contributed by atoms with E-state index in [9.17, 15) is 10.1 Å². The normalized spacial score (nSPS) is 17.3. The molecule has 0 aromatic heterocycles. The van der Waals surface area contributed by atoms with Gasteiger partial charge < -0.3 is 15.4 Å². The fourth-order valence-corrected chi connectivity index (χ4v) is 3.89. The van der Waals surface area contributed by atoms with Crippen molar-refractivity contribution >= 4 is 23.2 Å². The highest BCUT2D eigenvalue weighted by Crippen LogP contribution is 2.27. The first-order chi connectivity index (χ1) is 14.1. The average molecular weight is 418 g/mol. The van der Waals surface area contributed by atoms with Gasteiger partial charge in [0.25, 0.3) is 5.91 Å². The summed E-state index contributed by atoms with van der Waals surface area (Å²) in [6.07, 6.45) is 14.6. The molecule has 2 N–H and O–H groups in total. The van der Waals surface area contributed by atoms with Crippen LogP contribution in [-0.2, 0) is 4.79 Å². The first kappa shape index (κ1) is 23.1. The largest absolute Gasteiger partial charge is 0.495 e. The SMILES string of the molecule is COc1ccc(N/C=C(/C#N)C(=O)NC2CCCCCCCCCCC2)cc1Cl. The fraction of sp³-hybridized carbons (Fsp3) is 0.565. The molecule has 6 heteroatoms. The highest BCUT2D eigenvalue weighted by molar-refractivity contribution is 6.32. The quantitative estimate of drug-likeness (QED) is 0.458. The Balaban J connectivity index is 1.94. The smallest absolute Gasteiger partial charge is 0.263 e. The van der Waals surface area contributed by atoms with E-state index in [1.165, 1.54) is 51.1 Å². The van der Waals surface area contributed by atoms with Gasteiger partial charge in [-0.2, -0.15) is 5.26 Å². The van der Waals surface area contributed by atoms with Gasteiger partial charge in [0.1, 0.15) is 17.4 Å². The third kappa shape index (κ3) is 8.37. The number of nitriles is 1. The number of methoxy groups -OCH3 is 1. The molecule has 0 saturated heterocycles. The van der Waals surface area contributed by atoms with Crippen molar-refractivity contribution in [3.8, 4) is 11.8 Å². The van der Waals surface area contributed by atoms with Crippen molar-refractivity contribution < 1.29 is 9.53 Å². The van der Waals surface area contributed by atoms with Gasteiger partial charge in [-0.1, -0.05) is 69.4 Å². The van der Waals surface area contributed by atoms with Gasteiger partial charge in [-0.3, -0.25) is 4.79 Å². The number of carbonyl (C=O) groups excluding carboxylic acids is 1. The van der Waals surface area contributed by atoms with Crippen molar-refractivity contribution in [2.24, 2.45) is 0 Å². The molecule has 1 aliphatic rings. The lowest BCUT2D eigenvalue weighted by atomic mass is 9.98. The van der Waals surface area contributed by atoms with Crippen LogP contribution in [0.1, 0.15) is 70.6 Å². The molecule has 1 fully saturated rings. The summed E-state index contributed by atoms with van der Waals surface area (Å²) < 4.78 is 5.13. The number of carbonyl (C=O) groups is 1. The van der Waals surface area contributed by atoms with Crippen molar-refractivity contribution in [2.45, 2.75) is 76.7 Å². The van der Waals surface area contributed by atoms with Gasteiger partial charge in [0, 0.05) is 17.9 Å². The van der Waals surface area contributed by atoms with E-state index in [1.54, 1.807) is 25.3 Å². The monoisotopic (exact) mass is 417 g/mol. The third-order valence-electron chi connectivity index (χ3n) is 5.34. The zero-order valence-electron chi connectivity index (χ0n) is 17.3. The van der Waals surface area contributed by atoms with Crippen molar-refractivity contribution in [3.63, 3.8) is 0 Å². The van der Waals surface area contributed by atoms with E-state index in [-0.39, 0.29) is 17.5 Å². The van der Waals surface area contributed by atoms with Gasteiger partial charge in [-0.15, -0.1) is 0 Å². The Hall–Kier alpha value is -2.19. The van der Waals surface area contributed by atoms with Gasteiger partial charge >= 0.3 is 0 Å². The van der Waals surface area contributed by atoms with Crippen LogP contribution in [0, 0.1) is 11.3 Å². The molecule has 2 rings (SSSR count). The second-order valence-electron chi connectivity index (χ2n) is 7.59. The minimum absolute atomic E-state index is 0.0584. The van der Waals surface area contributed by atoms with Crippen LogP contribution in [0.15, 0.2) is 30.0 Å². The lowest BCUT2D eigenvalue weighted by Gasteiger charge is -2.19. The Morgan fingerprint density at radius 3 is 2.21 bits per heavy atom. The molecule has 1 aromatic rings. The summed E-state index contributed by atoms with van der Waals surface area (Å²) in [4.78, 5) is 12.6. The molecule has 1 aliphatic carbocycles. The van der Waals surface area contributed by atoms with E-state index < -0.39 is 0 Å². The van der Waals surface area contributed by atoms with Crippen molar-refractivity contribution in [2.75, 3.05) is 12.4 Å². The first-order valence-electron chi connectivity index (χ1n) is 10.6. The maximum absolute atomic E-state index is 12.6. The molecular weight excluding hydrogens is 386 g/mol. The maximum atomic E-state index is 12.6. The fourth-order valence-electron chi connectivity index (χ4n) is 3.63. The van der Waals surface area contributed by atoms with Crippen LogP contribution < -0.4 is 15.4 Å². The molecule has 0 unspecified atom stereocenters. The highest BCUT2D eigenvalue weighted by Gasteiger charge is 2.16. The maximum Gasteiger partial charge on any atom is 0.263 e. The molecule has 5 nitrogen and oxygen atoms in total. The number of nitrogens with one attached hydrogen (secondary N) is 2. The van der Waals surface area contributed by atoms with E-state index in [2.05, 4.69) is 10.6 Å². The van der Waals surface area contributed by atoms with Gasteiger partial charge in [-0.05, 0) is 31.0 Å². The Morgan fingerprint density at radius 1 is 1.10 bits per heavy atom. The minimum Gasteiger partial charge on any atom is -0.495 e. The van der Waals surface area contributed by atoms with Crippen molar-refractivity contribution in [3.05, 3.63) is 35.0 Å². The first-order valence-corrected chi connectivity index (χ1v) is 11.0. The molecule has 0 bridgehead atoms. The van der Waals surface area contributed by atoms with Crippen molar-refractivity contribution in [1.82, 2.24) is 5.32 Å². The summed E-state index contributed by atoms with van der Waals surface area (Å²) in [5, 5.41) is 15.9. The zero-order valence-corrected chi connectivity index (χ0v) is 18.1. The van der Waals surface area contributed by atoms with E-state index in [4.69, 9.17) is 16.3 Å². The second-order valence-corrected chi connectivity index (χ2v) is 8.00. The number of rotatable bonds is 5. The molecular formula is C23H32ClN3O2. The molecule has 0 spiro atoms. The van der Waals surface area contributed by atoms with Crippen LogP contribution in [0.4, 0.5) is 5.69 Å². The summed E-state index contributed by atoms with van der Waals surface area (Å²) >= 11 is 6.12. The Kier molecular flexibility index (Phi) is 10.4. The number of anilines is 1. The zero-order chi connectivity index (χ0) is 20.9. The summed E-state index contributed by atoms with van der Waals surface area (Å²) in [7, 11) is 1.55. The van der Waals surface area contributed by atoms with E-state index in [1.807, 2.05) is 6.07 Å². The topological polar surface area (TPSA) is 74.1 Å². The average Bonchev–Trinajstić information content (AvgIpc) is 2.70. The predicted octanol–water partition coefficient (Wildman–Crippen LogP) is 5.96. The molecule has 0 radical (unpaired) electrons. The number of amides is 1. The molecule has 1 aromatic carbocycles. The highest BCUT2D eigenvalue weighted by atomic mass is 35.5. The summed E-state index contributed by atoms with van der Waals surface area (Å²) in [5.74, 6) is 0.249. The minimum atomic E-state index is -0.322. The van der Waals surface area contributed by atoms with E-state index >= 15 is 0 Å². The third-order valence-corrected chi connectivity index (χ3v) is 5.64. The standard InChI is InChI=1S/C23H32ClN3O2/c1-29-22-14-13-20(15-21(22)24)26-17-18(16-25)23(28)27-19-11-9-7-5-3-2-4-6-8-10-12-19/h13-15,17,19,26H,2-12H2,1H3,(H,27,28)/b18-17-. The number of benzene rings is 1. The van der Waals surface area contributed by atoms with Crippen LogP contribution in [-0.4, -0.2) is 19.1 Å². The van der Waals surface area contributed by atoms with Crippen molar-refractivity contribution in [1.29, 1.82) is 5.26 Å². The number of nitrogens with zero attached hydrogens (tertiary/aromatic N) is 1. The number of hydrogen-bond acceptors (Lipinski definition) is 4. The molecule has 1 saturated carbocycles.